The highest BCUT2D eigenvalue weighted by Crippen LogP contribution is 2.34. The Labute approximate surface area is 211 Å². The van der Waals surface area contributed by atoms with E-state index in [9.17, 15) is 9.59 Å². The van der Waals surface area contributed by atoms with Gasteiger partial charge < -0.3 is 9.73 Å². The zero-order valence-corrected chi connectivity index (χ0v) is 20.7. The van der Waals surface area contributed by atoms with Gasteiger partial charge in [-0.2, -0.15) is 0 Å². The molecule has 7 nitrogen and oxygen atoms in total. The maximum atomic E-state index is 13.6. The summed E-state index contributed by atoms with van der Waals surface area (Å²) in [5.74, 6) is 0.772. The molecule has 4 heterocycles. The first-order valence-corrected chi connectivity index (χ1v) is 12.3. The normalized spacial score (nSPS) is 15.8. The van der Waals surface area contributed by atoms with E-state index in [0.717, 1.165) is 22.9 Å². The van der Waals surface area contributed by atoms with E-state index in [0.29, 0.717) is 32.0 Å². The molecule has 1 atom stereocenters. The molecule has 4 aromatic rings. The summed E-state index contributed by atoms with van der Waals surface area (Å²) in [5.41, 5.74) is 2.52. The summed E-state index contributed by atoms with van der Waals surface area (Å²) in [4.78, 5) is 33.4. The standard InChI is InChI=1S/C26H22N4O3S2/c1-16-8-6-12-29-23(16)28-22(27-17(2)18-9-4-3-5-10-18)20(24(29)31)14-21-25(32)30(26(34)35-21)15-19-11-7-13-33-19/h3-14,17,27H,15H2,1-2H3. The van der Waals surface area contributed by atoms with Gasteiger partial charge in [-0.3, -0.25) is 18.9 Å². The number of thiocarbonyl (C=S) groups is 1. The van der Waals surface area contributed by atoms with Gasteiger partial charge in [-0.1, -0.05) is 60.4 Å². The van der Waals surface area contributed by atoms with Gasteiger partial charge in [0.1, 0.15) is 21.5 Å². The van der Waals surface area contributed by atoms with E-state index in [2.05, 4.69) is 5.32 Å². The fourth-order valence-corrected chi connectivity index (χ4v) is 5.14. The minimum atomic E-state index is -0.271. The van der Waals surface area contributed by atoms with Gasteiger partial charge in [0.05, 0.1) is 23.3 Å². The Balaban J connectivity index is 1.58. The average Bonchev–Trinajstić information content (AvgIpc) is 3.46. The van der Waals surface area contributed by atoms with Crippen molar-refractivity contribution in [1.82, 2.24) is 14.3 Å². The number of rotatable bonds is 6. The lowest BCUT2D eigenvalue weighted by atomic mass is 10.1. The molecule has 0 radical (unpaired) electrons. The summed E-state index contributed by atoms with van der Waals surface area (Å²) >= 11 is 6.61. The summed E-state index contributed by atoms with van der Waals surface area (Å²) in [5, 5.41) is 3.38. The molecule has 0 bridgehead atoms. The minimum Gasteiger partial charge on any atom is -0.467 e. The molecule has 1 unspecified atom stereocenters. The summed E-state index contributed by atoms with van der Waals surface area (Å²) < 4.78 is 7.29. The van der Waals surface area contributed by atoms with Crippen LogP contribution in [-0.2, 0) is 11.3 Å². The van der Waals surface area contributed by atoms with Crippen LogP contribution in [0.5, 0.6) is 0 Å². The third-order valence-corrected chi connectivity index (χ3v) is 7.16. The quantitative estimate of drug-likeness (QED) is 0.288. The Morgan fingerprint density at radius 3 is 2.69 bits per heavy atom. The third-order valence-electron chi connectivity index (χ3n) is 5.78. The molecule has 1 saturated heterocycles. The monoisotopic (exact) mass is 502 g/mol. The second kappa shape index (κ2) is 9.52. The summed E-state index contributed by atoms with van der Waals surface area (Å²) in [7, 11) is 0. The van der Waals surface area contributed by atoms with Crippen LogP contribution in [0.2, 0.25) is 0 Å². The molecular weight excluding hydrogens is 480 g/mol. The van der Waals surface area contributed by atoms with E-state index < -0.39 is 0 Å². The number of aryl methyl sites for hydroxylation is 1. The highest BCUT2D eigenvalue weighted by molar-refractivity contribution is 8.26. The largest absolute Gasteiger partial charge is 0.467 e. The molecule has 35 heavy (non-hydrogen) atoms. The van der Waals surface area contributed by atoms with Gasteiger partial charge in [0.2, 0.25) is 0 Å². The predicted molar refractivity (Wildman–Crippen MR) is 142 cm³/mol. The first-order valence-electron chi connectivity index (χ1n) is 11.0. The van der Waals surface area contributed by atoms with Gasteiger partial charge in [-0.05, 0) is 49.2 Å². The van der Waals surface area contributed by atoms with Gasteiger partial charge in [0.25, 0.3) is 11.5 Å². The number of aromatic nitrogens is 2. The molecule has 0 aliphatic carbocycles. The molecule has 5 rings (SSSR count). The molecule has 0 saturated carbocycles. The highest BCUT2D eigenvalue weighted by atomic mass is 32.2. The molecule has 0 spiro atoms. The Hall–Kier alpha value is -3.69. The molecule has 9 heteroatoms. The molecule has 1 amide bonds. The van der Waals surface area contributed by atoms with E-state index >= 15 is 0 Å². The van der Waals surface area contributed by atoms with Crippen molar-refractivity contribution < 1.29 is 9.21 Å². The number of benzene rings is 1. The number of pyridine rings is 1. The van der Waals surface area contributed by atoms with E-state index in [-0.39, 0.29) is 24.1 Å². The zero-order valence-electron chi connectivity index (χ0n) is 19.1. The molecular formula is C26H22N4O3S2. The predicted octanol–water partition coefficient (Wildman–Crippen LogP) is 5.17. The van der Waals surface area contributed by atoms with Crippen LogP contribution in [0.4, 0.5) is 5.82 Å². The highest BCUT2D eigenvalue weighted by Gasteiger charge is 2.33. The summed E-state index contributed by atoms with van der Waals surface area (Å²) in [6.07, 6.45) is 4.82. The second-order valence-corrected chi connectivity index (χ2v) is 9.86. The Kier molecular flexibility index (Phi) is 6.27. The first kappa shape index (κ1) is 23.1. The lowest BCUT2D eigenvalue weighted by molar-refractivity contribution is -0.122. The lowest BCUT2D eigenvalue weighted by Crippen LogP contribution is -2.27. The van der Waals surface area contributed by atoms with Gasteiger partial charge in [-0.15, -0.1) is 0 Å². The Morgan fingerprint density at radius 1 is 1.14 bits per heavy atom. The van der Waals surface area contributed by atoms with Crippen molar-refractivity contribution in [3.63, 3.8) is 0 Å². The van der Waals surface area contributed by atoms with Crippen LogP contribution in [-0.4, -0.2) is 24.5 Å². The van der Waals surface area contributed by atoms with Crippen molar-refractivity contribution in [2.45, 2.75) is 26.4 Å². The number of hydrogen-bond donors (Lipinski definition) is 1. The third kappa shape index (κ3) is 4.52. The molecule has 176 valence electrons. The maximum absolute atomic E-state index is 13.6. The zero-order chi connectivity index (χ0) is 24.5. The fraction of sp³-hybridized carbons (Fsp3) is 0.154. The van der Waals surface area contributed by atoms with Crippen molar-refractivity contribution >= 4 is 51.7 Å². The fourth-order valence-electron chi connectivity index (χ4n) is 3.91. The summed E-state index contributed by atoms with van der Waals surface area (Å²) in [6.45, 7) is 4.15. The van der Waals surface area contributed by atoms with Crippen LogP contribution in [0, 0.1) is 6.92 Å². The van der Waals surface area contributed by atoms with Crippen LogP contribution < -0.4 is 10.9 Å². The van der Waals surface area contributed by atoms with Crippen LogP contribution in [0.25, 0.3) is 11.7 Å². The Morgan fingerprint density at radius 2 is 1.94 bits per heavy atom. The van der Waals surface area contributed by atoms with Crippen molar-refractivity contribution in [2.24, 2.45) is 0 Å². The average molecular weight is 503 g/mol. The number of nitrogens with zero attached hydrogens (tertiary/aromatic N) is 3. The van der Waals surface area contributed by atoms with Gasteiger partial charge in [0, 0.05) is 12.2 Å². The summed E-state index contributed by atoms with van der Waals surface area (Å²) in [6, 6.07) is 17.1. The number of thioether (sulfide) groups is 1. The Bertz CT molecular complexity index is 1510. The molecule has 1 aromatic carbocycles. The van der Waals surface area contributed by atoms with E-state index in [1.54, 1.807) is 36.7 Å². The van der Waals surface area contributed by atoms with Gasteiger partial charge in [0.15, 0.2) is 0 Å². The van der Waals surface area contributed by atoms with Crippen molar-refractivity contribution in [1.29, 1.82) is 0 Å². The number of carbonyl (C=O) groups excluding carboxylic acids is 1. The molecule has 1 aliphatic rings. The van der Waals surface area contributed by atoms with Crippen LogP contribution in [0.3, 0.4) is 0 Å². The van der Waals surface area contributed by atoms with Crippen LogP contribution >= 0.6 is 24.0 Å². The van der Waals surface area contributed by atoms with E-state index in [1.807, 2.05) is 50.2 Å². The smallest absolute Gasteiger partial charge is 0.267 e. The van der Waals surface area contributed by atoms with Crippen molar-refractivity contribution in [3.8, 4) is 0 Å². The van der Waals surface area contributed by atoms with Crippen LogP contribution in [0.15, 0.2) is 81.2 Å². The van der Waals surface area contributed by atoms with Crippen molar-refractivity contribution in [2.75, 3.05) is 5.32 Å². The number of fused-ring (bicyclic) bond motifs is 1. The van der Waals surface area contributed by atoms with Gasteiger partial charge in [-0.25, -0.2) is 4.98 Å². The van der Waals surface area contributed by atoms with E-state index in [1.165, 1.54) is 9.30 Å². The van der Waals surface area contributed by atoms with Crippen molar-refractivity contribution in [3.05, 3.63) is 105 Å². The number of hydrogen-bond acceptors (Lipinski definition) is 7. The molecule has 1 fully saturated rings. The molecule has 1 aliphatic heterocycles. The topological polar surface area (TPSA) is 79.8 Å². The number of amides is 1. The number of anilines is 1. The minimum absolute atomic E-state index is 0.116. The number of nitrogens with one attached hydrogen (secondary N) is 1. The van der Waals surface area contributed by atoms with Gasteiger partial charge >= 0.3 is 0 Å². The maximum Gasteiger partial charge on any atom is 0.267 e. The van der Waals surface area contributed by atoms with Crippen LogP contribution in [0.1, 0.15) is 35.4 Å². The number of furan rings is 1. The first-order chi connectivity index (χ1) is 16.9. The molecule has 3 aromatic heterocycles. The number of carbonyl (C=O) groups is 1. The molecule has 1 N–H and O–H groups in total. The second-order valence-electron chi connectivity index (χ2n) is 8.19. The lowest BCUT2D eigenvalue weighted by Gasteiger charge is -2.18. The van der Waals surface area contributed by atoms with E-state index in [4.69, 9.17) is 21.6 Å². The SMILES string of the molecule is Cc1cccn2c(=O)c(C=C3SC(=S)N(Cc4ccco4)C3=O)c(NC(C)c3ccccc3)nc12.